The van der Waals surface area contributed by atoms with Gasteiger partial charge in [-0.2, -0.15) is 5.10 Å². The number of nitrogens with zero attached hydrogens (tertiary/aromatic N) is 3. The number of carbonyl (C=O) groups excluding carboxylic acids is 1. The van der Waals surface area contributed by atoms with Crippen molar-refractivity contribution in [1.29, 1.82) is 0 Å². The van der Waals surface area contributed by atoms with E-state index in [1.165, 1.54) is 4.52 Å². The van der Waals surface area contributed by atoms with E-state index >= 15 is 0 Å². The van der Waals surface area contributed by atoms with Crippen molar-refractivity contribution in [2.24, 2.45) is 0 Å². The van der Waals surface area contributed by atoms with Crippen molar-refractivity contribution in [2.45, 2.75) is 6.92 Å². The Bertz CT molecular complexity index is 555. The van der Waals surface area contributed by atoms with E-state index in [4.69, 9.17) is 4.74 Å². The van der Waals surface area contributed by atoms with Crippen LogP contribution in [0.2, 0.25) is 0 Å². The average molecular weight is 335 g/mol. The molecular formula is C9H7FIN3O2. The Hall–Kier alpha value is -1.25. The highest BCUT2D eigenvalue weighted by molar-refractivity contribution is 14.1. The van der Waals surface area contributed by atoms with E-state index in [9.17, 15) is 9.18 Å². The lowest BCUT2D eigenvalue weighted by Gasteiger charge is -1.96. The summed E-state index contributed by atoms with van der Waals surface area (Å²) < 4.78 is 19.5. The molecule has 2 aromatic heterocycles. The average Bonchev–Trinajstić information content (AvgIpc) is 2.56. The van der Waals surface area contributed by atoms with Gasteiger partial charge in [-0.1, -0.05) is 0 Å². The van der Waals surface area contributed by atoms with Crippen LogP contribution in [0.3, 0.4) is 0 Å². The number of hydrogen-bond acceptors (Lipinski definition) is 4. The summed E-state index contributed by atoms with van der Waals surface area (Å²) in [5.41, 5.74) is 0.589. The minimum Gasteiger partial charge on any atom is -0.461 e. The first-order chi connectivity index (χ1) is 7.63. The third-order valence-corrected chi connectivity index (χ3v) is 2.85. The van der Waals surface area contributed by atoms with E-state index in [2.05, 4.69) is 10.1 Å². The Morgan fingerprint density at radius 3 is 3.12 bits per heavy atom. The van der Waals surface area contributed by atoms with Gasteiger partial charge in [0.2, 0.25) is 0 Å². The van der Waals surface area contributed by atoms with E-state index in [1.54, 1.807) is 6.92 Å². The first kappa shape index (κ1) is 11.2. The minimum atomic E-state index is -0.530. The summed E-state index contributed by atoms with van der Waals surface area (Å²) >= 11 is 1.93. The van der Waals surface area contributed by atoms with Gasteiger partial charge in [-0.15, -0.1) is 0 Å². The molecule has 0 unspecified atom stereocenters. The van der Waals surface area contributed by atoms with Crippen LogP contribution < -0.4 is 0 Å². The van der Waals surface area contributed by atoms with E-state index < -0.39 is 11.8 Å². The van der Waals surface area contributed by atoms with Crippen molar-refractivity contribution in [1.82, 2.24) is 14.6 Å². The second-order valence-electron chi connectivity index (χ2n) is 2.92. The summed E-state index contributed by atoms with van der Waals surface area (Å²) in [5.74, 6) is -1.04. The molecule has 2 aromatic rings. The normalized spacial score (nSPS) is 10.7. The molecule has 0 amide bonds. The van der Waals surface area contributed by atoms with Crippen molar-refractivity contribution in [3.63, 3.8) is 0 Å². The lowest BCUT2D eigenvalue weighted by molar-refractivity contribution is 0.0518. The minimum absolute atomic E-state index is 0.153. The zero-order chi connectivity index (χ0) is 11.7. The number of fused-ring (bicyclic) bond motifs is 1. The standard InChI is InChI=1S/C9H7FIN3O2/c1-2-16-9(15)7-6(11)8-12-3-5(10)4-14(8)13-7/h3-4H,2H2,1H3. The van der Waals surface area contributed by atoms with Crippen molar-refractivity contribution in [3.8, 4) is 0 Å². The Morgan fingerprint density at radius 2 is 2.44 bits per heavy atom. The highest BCUT2D eigenvalue weighted by Crippen LogP contribution is 2.17. The van der Waals surface area contributed by atoms with Crippen molar-refractivity contribution in [3.05, 3.63) is 27.5 Å². The molecule has 2 rings (SSSR count). The van der Waals surface area contributed by atoms with Crippen molar-refractivity contribution in [2.75, 3.05) is 6.61 Å². The van der Waals surface area contributed by atoms with E-state index in [0.29, 0.717) is 9.22 Å². The molecule has 0 aromatic carbocycles. The van der Waals surface area contributed by atoms with Gasteiger partial charge >= 0.3 is 5.97 Å². The van der Waals surface area contributed by atoms with Gasteiger partial charge in [-0.3, -0.25) is 0 Å². The highest BCUT2D eigenvalue weighted by atomic mass is 127. The zero-order valence-corrected chi connectivity index (χ0v) is 10.4. The summed E-state index contributed by atoms with van der Waals surface area (Å²) in [7, 11) is 0. The summed E-state index contributed by atoms with van der Waals surface area (Å²) in [6, 6.07) is 0. The first-order valence-electron chi connectivity index (χ1n) is 4.50. The summed E-state index contributed by atoms with van der Waals surface area (Å²) in [4.78, 5) is 15.3. The Kier molecular flexibility index (Phi) is 3.03. The molecule has 7 heteroatoms. The van der Waals surface area contributed by atoms with Gasteiger partial charge < -0.3 is 4.74 Å². The Morgan fingerprint density at radius 1 is 1.69 bits per heavy atom. The van der Waals surface area contributed by atoms with Gasteiger partial charge in [0.25, 0.3) is 0 Å². The number of halogens is 2. The number of carbonyl (C=O) groups is 1. The molecule has 0 aliphatic heterocycles. The molecule has 2 heterocycles. The number of rotatable bonds is 2. The van der Waals surface area contributed by atoms with Gasteiger partial charge in [0, 0.05) is 0 Å². The lowest BCUT2D eigenvalue weighted by Crippen LogP contribution is -2.06. The van der Waals surface area contributed by atoms with E-state index in [0.717, 1.165) is 12.4 Å². The molecule has 0 bridgehead atoms. The molecule has 0 saturated heterocycles. The second-order valence-corrected chi connectivity index (χ2v) is 4.00. The van der Waals surface area contributed by atoms with Crippen molar-refractivity contribution >= 4 is 34.2 Å². The van der Waals surface area contributed by atoms with Crippen LogP contribution in [0.4, 0.5) is 4.39 Å². The molecule has 0 aliphatic carbocycles. The first-order valence-corrected chi connectivity index (χ1v) is 5.58. The maximum Gasteiger partial charge on any atom is 0.360 e. The Labute approximate surface area is 104 Å². The summed E-state index contributed by atoms with van der Waals surface area (Å²) in [6.07, 6.45) is 2.24. The molecule has 0 radical (unpaired) electrons. The molecule has 5 nitrogen and oxygen atoms in total. The molecule has 0 atom stereocenters. The fourth-order valence-electron chi connectivity index (χ4n) is 1.21. The van der Waals surface area contributed by atoms with Gasteiger partial charge in [-0.25, -0.2) is 18.7 Å². The maximum absolute atomic E-state index is 12.9. The second kappa shape index (κ2) is 4.32. The molecule has 16 heavy (non-hydrogen) atoms. The van der Waals surface area contributed by atoms with Crippen LogP contribution in [-0.2, 0) is 4.74 Å². The van der Waals surface area contributed by atoms with Gasteiger partial charge in [0.05, 0.1) is 22.6 Å². The lowest BCUT2D eigenvalue weighted by atomic mass is 10.4. The SMILES string of the molecule is CCOC(=O)c1nn2cc(F)cnc2c1I. The van der Waals surface area contributed by atoms with Crippen LogP contribution >= 0.6 is 22.6 Å². The smallest absolute Gasteiger partial charge is 0.360 e. The zero-order valence-electron chi connectivity index (χ0n) is 8.28. The molecule has 0 saturated carbocycles. The van der Waals surface area contributed by atoms with Gasteiger partial charge in [0.1, 0.15) is 0 Å². The fraction of sp³-hybridized carbons (Fsp3) is 0.222. The topological polar surface area (TPSA) is 56.5 Å². The third kappa shape index (κ3) is 1.86. The number of esters is 1. The summed E-state index contributed by atoms with van der Waals surface area (Å²) in [5, 5.41) is 3.92. The van der Waals surface area contributed by atoms with Crippen molar-refractivity contribution < 1.29 is 13.9 Å². The van der Waals surface area contributed by atoms with E-state index in [1.807, 2.05) is 22.6 Å². The highest BCUT2D eigenvalue weighted by Gasteiger charge is 2.19. The molecule has 0 spiro atoms. The van der Waals surface area contributed by atoms with Crippen LogP contribution in [0, 0.1) is 9.39 Å². The van der Waals surface area contributed by atoms with Crippen LogP contribution in [0.25, 0.3) is 5.65 Å². The quantitative estimate of drug-likeness (QED) is 0.619. The molecule has 0 fully saturated rings. The van der Waals surface area contributed by atoms with Crippen LogP contribution in [-0.4, -0.2) is 27.2 Å². The summed E-state index contributed by atoms with van der Waals surface area (Å²) in [6.45, 7) is 1.98. The number of ether oxygens (including phenoxy) is 1. The van der Waals surface area contributed by atoms with E-state index in [-0.39, 0.29) is 12.3 Å². The van der Waals surface area contributed by atoms with Crippen LogP contribution in [0.1, 0.15) is 17.4 Å². The fourth-order valence-corrected chi connectivity index (χ4v) is 1.93. The van der Waals surface area contributed by atoms with Gasteiger partial charge in [0.15, 0.2) is 17.2 Å². The molecule has 84 valence electrons. The predicted molar refractivity (Wildman–Crippen MR) is 61.6 cm³/mol. The van der Waals surface area contributed by atoms with Gasteiger partial charge in [-0.05, 0) is 29.5 Å². The van der Waals surface area contributed by atoms with Crippen LogP contribution in [0.5, 0.6) is 0 Å². The molecule has 0 aliphatic rings. The molecule has 0 N–H and O–H groups in total. The monoisotopic (exact) mass is 335 g/mol. The largest absolute Gasteiger partial charge is 0.461 e. The number of aromatic nitrogens is 3. The molecular weight excluding hydrogens is 328 g/mol. The Balaban J connectivity index is 2.55. The predicted octanol–water partition coefficient (Wildman–Crippen LogP) is 1.65. The number of hydrogen-bond donors (Lipinski definition) is 0. The van der Waals surface area contributed by atoms with Crippen LogP contribution in [0.15, 0.2) is 12.4 Å². The maximum atomic E-state index is 12.9. The third-order valence-electron chi connectivity index (χ3n) is 1.85.